The lowest BCUT2D eigenvalue weighted by Gasteiger charge is -2.24. The molecule has 1 N–H and O–H groups in total. The smallest absolute Gasteiger partial charge is 0.475 e. The van der Waals surface area contributed by atoms with Gasteiger partial charge in [0.15, 0.2) is 11.5 Å². The summed E-state index contributed by atoms with van der Waals surface area (Å²) in [5.74, 6) is -1.05. The molecule has 0 bridgehead atoms. The molecule has 1 amide bonds. The Morgan fingerprint density at radius 3 is 2.62 bits per heavy atom. The molecule has 5 rings (SSSR count). The van der Waals surface area contributed by atoms with Gasteiger partial charge in [-0.05, 0) is 36.5 Å². The molecule has 0 saturated carbocycles. The number of rotatable bonds is 3. The topological polar surface area (TPSA) is 79.3 Å². The van der Waals surface area contributed by atoms with Gasteiger partial charge in [-0.3, -0.25) is 9.69 Å². The highest BCUT2D eigenvalue weighted by molar-refractivity contribution is 7.09. The predicted octanol–water partition coefficient (Wildman–Crippen LogP) is 3.74. The van der Waals surface area contributed by atoms with Crippen molar-refractivity contribution in [1.29, 1.82) is 0 Å². The molecule has 1 aromatic heterocycles. The van der Waals surface area contributed by atoms with E-state index in [-0.39, 0.29) is 18.1 Å². The Bertz CT molecular complexity index is 998. The van der Waals surface area contributed by atoms with Gasteiger partial charge >= 0.3 is 12.1 Å². The van der Waals surface area contributed by atoms with Crippen molar-refractivity contribution in [3.05, 3.63) is 40.6 Å². The molecule has 1 spiro atoms. The maximum absolute atomic E-state index is 12.7. The Balaban J connectivity index is 0.000000307. The molecule has 4 heterocycles. The fraction of sp³-hybridized carbons (Fsp3) is 0.429. The number of halogens is 3. The number of hydrogen-bond donors (Lipinski definition) is 1. The van der Waals surface area contributed by atoms with E-state index in [0.717, 1.165) is 49.8 Å². The molecule has 172 valence electrons. The number of carbonyl (C=O) groups excluding carboxylic acids is 1. The summed E-state index contributed by atoms with van der Waals surface area (Å²) in [6, 6.07) is 10.1. The van der Waals surface area contributed by atoms with Gasteiger partial charge < -0.3 is 19.5 Å². The third-order valence-corrected chi connectivity index (χ3v) is 6.57. The van der Waals surface area contributed by atoms with E-state index in [1.54, 1.807) is 11.3 Å². The lowest BCUT2D eigenvalue weighted by molar-refractivity contribution is -0.192. The first kappa shape index (κ1) is 22.4. The summed E-state index contributed by atoms with van der Waals surface area (Å²) in [5, 5.41) is 9.25. The monoisotopic (exact) mass is 470 g/mol. The number of nitrogens with zero attached hydrogens (tertiary/aromatic N) is 2. The molecule has 11 heteroatoms. The number of carbonyl (C=O) groups is 2. The summed E-state index contributed by atoms with van der Waals surface area (Å²) in [7, 11) is 0. The van der Waals surface area contributed by atoms with Gasteiger partial charge in [-0.15, -0.1) is 11.3 Å². The third kappa shape index (κ3) is 4.83. The van der Waals surface area contributed by atoms with E-state index >= 15 is 0 Å². The molecule has 1 unspecified atom stereocenters. The molecule has 2 aromatic rings. The zero-order valence-corrected chi connectivity index (χ0v) is 17.7. The Labute approximate surface area is 185 Å². The van der Waals surface area contributed by atoms with Crippen molar-refractivity contribution in [1.82, 2.24) is 4.90 Å². The summed E-state index contributed by atoms with van der Waals surface area (Å²) in [4.78, 5) is 27.4. The molecule has 3 aliphatic rings. The molecule has 1 atom stereocenters. The van der Waals surface area contributed by atoms with E-state index in [1.807, 2.05) is 23.1 Å². The number of fused-ring (bicyclic) bond motifs is 1. The van der Waals surface area contributed by atoms with Crippen molar-refractivity contribution < 1.29 is 37.3 Å². The van der Waals surface area contributed by atoms with Crippen LogP contribution in [-0.2, 0) is 16.1 Å². The number of alkyl halides is 3. The number of anilines is 1. The number of ether oxygens (including phenoxy) is 2. The Morgan fingerprint density at radius 1 is 1.19 bits per heavy atom. The van der Waals surface area contributed by atoms with E-state index in [4.69, 9.17) is 19.4 Å². The fourth-order valence-electron chi connectivity index (χ4n) is 4.24. The third-order valence-electron chi connectivity index (χ3n) is 5.71. The van der Waals surface area contributed by atoms with Crippen LogP contribution in [0, 0.1) is 5.41 Å². The second kappa shape index (κ2) is 8.62. The Kier molecular flexibility index (Phi) is 6.04. The minimum absolute atomic E-state index is 0.0880. The number of carboxylic acids is 1. The van der Waals surface area contributed by atoms with Crippen LogP contribution < -0.4 is 14.4 Å². The van der Waals surface area contributed by atoms with Gasteiger partial charge in [-0.25, -0.2) is 4.79 Å². The largest absolute Gasteiger partial charge is 0.490 e. The second-order valence-corrected chi connectivity index (χ2v) is 9.07. The number of likely N-dealkylation sites (tertiary alicyclic amines) is 1. The number of amides is 1. The number of hydrogen-bond acceptors (Lipinski definition) is 6. The molecular formula is C21H21F3N2O5S. The minimum Gasteiger partial charge on any atom is -0.475 e. The molecule has 0 radical (unpaired) electrons. The summed E-state index contributed by atoms with van der Waals surface area (Å²) in [6.45, 7) is 4.12. The molecule has 2 fully saturated rings. The van der Waals surface area contributed by atoms with Gasteiger partial charge in [0, 0.05) is 48.1 Å². The highest BCUT2D eigenvalue weighted by Crippen LogP contribution is 2.44. The fourth-order valence-corrected chi connectivity index (χ4v) is 4.99. The molecule has 0 aliphatic carbocycles. The van der Waals surface area contributed by atoms with Crippen molar-refractivity contribution in [3.8, 4) is 11.5 Å². The van der Waals surface area contributed by atoms with Crippen LogP contribution in [0.5, 0.6) is 11.5 Å². The summed E-state index contributed by atoms with van der Waals surface area (Å²) in [5.41, 5.74) is 1.01. The summed E-state index contributed by atoms with van der Waals surface area (Å²) < 4.78 is 42.6. The average Bonchev–Trinajstić information content (AvgIpc) is 3.51. The van der Waals surface area contributed by atoms with Crippen LogP contribution in [0.1, 0.15) is 17.7 Å². The average molecular weight is 470 g/mol. The van der Waals surface area contributed by atoms with Crippen molar-refractivity contribution in [2.75, 3.05) is 31.3 Å². The Hall–Kier alpha value is -2.79. The van der Waals surface area contributed by atoms with Crippen molar-refractivity contribution in [2.45, 2.75) is 25.6 Å². The normalized spacial score (nSPS) is 22.3. The highest BCUT2D eigenvalue weighted by atomic mass is 32.1. The second-order valence-electron chi connectivity index (χ2n) is 8.04. The van der Waals surface area contributed by atoms with Crippen molar-refractivity contribution >= 4 is 28.9 Å². The van der Waals surface area contributed by atoms with Gasteiger partial charge in [0.05, 0.1) is 0 Å². The molecule has 3 aliphatic heterocycles. The first-order chi connectivity index (χ1) is 15.2. The van der Waals surface area contributed by atoms with Crippen LogP contribution in [0.2, 0.25) is 0 Å². The lowest BCUT2D eigenvalue weighted by atomic mass is 9.86. The summed E-state index contributed by atoms with van der Waals surface area (Å²) in [6.07, 6.45) is -3.35. The van der Waals surface area contributed by atoms with Gasteiger partial charge in [0.25, 0.3) is 0 Å². The first-order valence-corrected chi connectivity index (χ1v) is 10.8. The molecule has 1 aromatic carbocycles. The number of benzene rings is 1. The van der Waals surface area contributed by atoms with Gasteiger partial charge in [-0.2, -0.15) is 13.2 Å². The first-order valence-electron chi connectivity index (χ1n) is 9.90. The molecule has 32 heavy (non-hydrogen) atoms. The minimum atomic E-state index is -5.08. The van der Waals surface area contributed by atoms with E-state index in [2.05, 4.69) is 22.4 Å². The predicted molar refractivity (Wildman–Crippen MR) is 110 cm³/mol. The van der Waals surface area contributed by atoms with Gasteiger partial charge in [0.1, 0.15) is 0 Å². The van der Waals surface area contributed by atoms with Crippen molar-refractivity contribution in [2.24, 2.45) is 5.41 Å². The number of thiophene rings is 1. The van der Waals surface area contributed by atoms with Crippen LogP contribution in [0.25, 0.3) is 0 Å². The highest BCUT2D eigenvalue weighted by Gasteiger charge is 2.47. The Morgan fingerprint density at radius 2 is 1.94 bits per heavy atom. The van der Waals surface area contributed by atoms with Crippen LogP contribution in [0.4, 0.5) is 18.9 Å². The lowest BCUT2D eigenvalue weighted by Crippen LogP contribution is -2.31. The molecular weight excluding hydrogens is 449 g/mol. The van der Waals surface area contributed by atoms with E-state index in [9.17, 15) is 18.0 Å². The van der Waals surface area contributed by atoms with Crippen LogP contribution >= 0.6 is 11.3 Å². The van der Waals surface area contributed by atoms with Crippen LogP contribution in [0.15, 0.2) is 35.7 Å². The quantitative estimate of drug-likeness (QED) is 0.737. The number of aliphatic carboxylic acids is 1. The summed E-state index contributed by atoms with van der Waals surface area (Å²) >= 11 is 1.81. The maximum Gasteiger partial charge on any atom is 0.490 e. The van der Waals surface area contributed by atoms with Crippen LogP contribution in [0.3, 0.4) is 0 Å². The van der Waals surface area contributed by atoms with E-state index in [1.165, 1.54) is 4.88 Å². The van der Waals surface area contributed by atoms with Gasteiger partial charge in [0.2, 0.25) is 12.7 Å². The zero-order chi connectivity index (χ0) is 22.9. The van der Waals surface area contributed by atoms with Crippen LogP contribution in [-0.4, -0.2) is 54.5 Å². The van der Waals surface area contributed by atoms with Gasteiger partial charge in [-0.1, -0.05) is 6.07 Å². The van der Waals surface area contributed by atoms with E-state index < -0.39 is 12.1 Å². The number of carboxylic acid groups (broad SMARTS) is 1. The standard InChI is InChI=1S/C19H20N2O3S.C2HF3O2/c22-18-9-19(5-6-20(11-19)10-15-2-1-7-25-15)12-21(18)14-3-4-16-17(8-14)24-13-23-16;3-2(4,5)1(6)7/h1-4,7-8H,5-6,9-13H2;(H,6,7). The molecule has 2 saturated heterocycles. The zero-order valence-electron chi connectivity index (χ0n) is 16.9. The molecule has 7 nitrogen and oxygen atoms in total. The van der Waals surface area contributed by atoms with Crippen molar-refractivity contribution in [3.63, 3.8) is 0 Å². The van der Waals surface area contributed by atoms with E-state index in [0.29, 0.717) is 6.42 Å². The maximum atomic E-state index is 12.7. The SMILES string of the molecule is O=C(O)C(F)(F)F.O=C1CC2(CCN(Cc3cccs3)C2)CN1c1ccc2c(c1)OCO2.